The van der Waals surface area contributed by atoms with Crippen molar-refractivity contribution in [3.63, 3.8) is 0 Å². The fraction of sp³-hybridized carbons (Fsp3) is 0.300. The smallest absolute Gasteiger partial charge is 0.306 e. The molecule has 0 aliphatic carbocycles. The van der Waals surface area contributed by atoms with Crippen molar-refractivity contribution in [3.05, 3.63) is 23.8 Å². The minimum absolute atomic E-state index is 0.0101. The number of phenols is 2. The molecule has 0 saturated carbocycles. The number of aromatic hydroxyl groups is 2. The SMILES string of the molecule is CC(Cc1cc(O)ccc1O)C(=O)O. The van der Waals surface area contributed by atoms with Gasteiger partial charge < -0.3 is 15.3 Å². The molecule has 1 unspecified atom stereocenters. The highest BCUT2D eigenvalue weighted by Crippen LogP contribution is 2.24. The minimum atomic E-state index is -0.923. The minimum Gasteiger partial charge on any atom is -0.508 e. The lowest BCUT2D eigenvalue weighted by atomic mass is 10.0. The van der Waals surface area contributed by atoms with E-state index in [1.165, 1.54) is 18.2 Å². The second-order valence-corrected chi connectivity index (χ2v) is 3.26. The van der Waals surface area contributed by atoms with Crippen molar-refractivity contribution < 1.29 is 20.1 Å². The fourth-order valence-corrected chi connectivity index (χ4v) is 1.15. The highest BCUT2D eigenvalue weighted by molar-refractivity contribution is 5.70. The van der Waals surface area contributed by atoms with Gasteiger partial charge in [-0.25, -0.2) is 0 Å². The van der Waals surface area contributed by atoms with Gasteiger partial charge in [-0.15, -0.1) is 0 Å². The second kappa shape index (κ2) is 4.00. The maximum absolute atomic E-state index is 10.6. The van der Waals surface area contributed by atoms with Crippen LogP contribution in [0.4, 0.5) is 0 Å². The maximum atomic E-state index is 10.6. The normalized spacial score (nSPS) is 12.4. The fourth-order valence-electron chi connectivity index (χ4n) is 1.15. The van der Waals surface area contributed by atoms with Crippen molar-refractivity contribution in [2.75, 3.05) is 0 Å². The number of carbonyl (C=O) groups is 1. The van der Waals surface area contributed by atoms with Gasteiger partial charge in [0.05, 0.1) is 5.92 Å². The molecule has 0 saturated heterocycles. The van der Waals surface area contributed by atoms with Gasteiger partial charge in [0.15, 0.2) is 0 Å². The first-order valence-electron chi connectivity index (χ1n) is 4.24. The van der Waals surface area contributed by atoms with Gasteiger partial charge in [-0.3, -0.25) is 4.79 Å². The molecule has 0 aromatic heterocycles. The van der Waals surface area contributed by atoms with Crippen molar-refractivity contribution in [1.29, 1.82) is 0 Å². The summed E-state index contributed by atoms with van der Waals surface area (Å²) in [6.45, 7) is 1.55. The Balaban J connectivity index is 2.85. The summed E-state index contributed by atoms with van der Waals surface area (Å²) in [5.74, 6) is -1.47. The summed E-state index contributed by atoms with van der Waals surface area (Å²) >= 11 is 0. The summed E-state index contributed by atoms with van der Waals surface area (Å²) in [5.41, 5.74) is 0.444. The molecule has 0 aliphatic heterocycles. The number of carboxylic acids is 1. The van der Waals surface area contributed by atoms with Crippen molar-refractivity contribution in [3.8, 4) is 11.5 Å². The van der Waals surface area contributed by atoms with E-state index in [0.29, 0.717) is 5.56 Å². The number of rotatable bonds is 3. The Morgan fingerprint density at radius 3 is 2.64 bits per heavy atom. The predicted octanol–water partition coefficient (Wildman–Crippen LogP) is 1.36. The molecule has 0 spiro atoms. The van der Waals surface area contributed by atoms with Gasteiger partial charge >= 0.3 is 5.97 Å². The van der Waals surface area contributed by atoms with Crippen LogP contribution in [0.1, 0.15) is 12.5 Å². The van der Waals surface area contributed by atoms with Crippen LogP contribution in [0.15, 0.2) is 18.2 Å². The molecule has 1 rings (SSSR count). The van der Waals surface area contributed by atoms with Crippen LogP contribution in [0.3, 0.4) is 0 Å². The molecule has 0 heterocycles. The summed E-state index contributed by atoms with van der Waals surface area (Å²) in [6, 6.07) is 4.07. The van der Waals surface area contributed by atoms with Crippen LogP contribution < -0.4 is 0 Å². The monoisotopic (exact) mass is 196 g/mol. The Hall–Kier alpha value is -1.71. The quantitative estimate of drug-likeness (QED) is 0.638. The zero-order valence-electron chi connectivity index (χ0n) is 7.77. The predicted molar refractivity (Wildman–Crippen MR) is 50.3 cm³/mol. The Kier molecular flexibility index (Phi) is 2.96. The Bertz CT molecular complexity index is 346. The summed E-state index contributed by atoms with van der Waals surface area (Å²) in [7, 11) is 0. The van der Waals surface area contributed by atoms with Crippen LogP contribution in [-0.4, -0.2) is 21.3 Å². The molecule has 0 fully saturated rings. The number of hydrogen-bond acceptors (Lipinski definition) is 3. The number of hydrogen-bond donors (Lipinski definition) is 3. The lowest BCUT2D eigenvalue weighted by Crippen LogP contribution is -2.12. The van der Waals surface area contributed by atoms with Crippen LogP contribution in [0.2, 0.25) is 0 Å². The molecule has 4 heteroatoms. The average Bonchev–Trinajstić information content (AvgIpc) is 2.11. The maximum Gasteiger partial charge on any atom is 0.306 e. The van der Waals surface area contributed by atoms with E-state index in [1.54, 1.807) is 6.92 Å². The Morgan fingerprint density at radius 1 is 1.43 bits per heavy atom. The topological polar surface area (TPSA) is 77.8 Å². The van der Waals surface area contributed by atoms with Gasteiger partial charge in [-0.2, -0.15) is 0 Å². The highest BCUT2D eigenvalue weighted by atomic mass is 16.4. The third-order valence-corrected chi connectivity index (χ3v) is 2.01. The van der Waals surface area contributed by atoms with Crippen LogP contribution >= 0.6 is 0 Å². The first-order chi connectivity index (χ1) is 6.50. The van der Waals surface area contributed by atoms with E-state index in [0.717, 1.165) is 0 Å². The van der Waals surface area contributed by atoms with Crippen LogP contribution in [0.5, 0.6) is 11.5 Å². The summed E-state index contributed by atoms with van der Waals surface area (Å²) in [5, 5.41) is 27.2. The number of benzene rings is 1. The Labute approximate surface area is 81.4 Å². The average molecular weight is 196 g/mol. The van der Waals surface area contributed by atoms with Crippen molar-refractivity contribution in [1.82, 2.24) is 0 Å². The van der Waals surface area contributed by atoms with E-state index < -0.39 is 11.9 Å². The summed E-state index contributed by atoms with van der Waals surface area (Å²) < 4.78 is 0. The van der Waals surface area contributed by atoms with E-state index >= 15 is 0 Å². The van der Waals surface area contributed by atoms with Crippen molar-refractivity contribution in [2.45, 2.75) is 13.3 Å². The molecular weight excluding hydrogens is 184 g/mol. The molecule has 1 aromatic rings. The molecule has 3 N–H and O–H groups in total. The molecular formula is C10H12O4. The largest absolute Gasteiger partial charge is 0.508 e. The van der Waals surface area contributed by atoms with Gasteiger partial charge in [0, 0.05) is 0 Å². The van der Waals surface area contributed by atoms with E-state index in [-0.39, 0.29) is 17.9 Å². The molecule has 76 valence electrons. The Morgan fingerprint density at radius 2 is 2.07 bits per heavy atom. The number of phenolic OH excluding ortho intramolecular Hbond substituents is 2. The van der Waals surface area contributed by atoms with Crippen molar-refractivity contribution in [2.24, 2.45) is 5.92 Å². The molecule has 1 atom stereocenters. The molecule has 0 bridgehead atoms. The van der Waals surface area contributed by atoms with E-state index in [2.05, 4.69) is 0 Å². The number of aliphatic carboxylic acids is 1. The van der Waals surface area contributed by atoms with Crippen LogP contribution in [-0.2, 0) is 11.2 Å². The van der Waals surface area contributed by atoms with Gasteiger partial charge in [0.2, 0.25) is 0 Å². The highest BCUT2D eigenvalue weighted by Gasteiger charge is 2.14. The molecule has 0 radical (unpaired) electrons. The summed E-state index contributed by atoms with van der Waals surface area (Å²) in [4.78, 5) is 10.6. The van der Waals surface area contributed by atoms with Gasteiger partial charge in [-0.1, -0.05) is 6.92 Å². The zero-order chi connectivity index (χ0) is 10.7. The molecule has 14 heavy (non-hydrogen) atoms. The lowest BCUT2D eigenvalue weighted by molar-refractivity contribution is -0.141. The van der Waals surface area contributed by atoms with E-state index in [1.807, 2.05) is 0 Å². The zero-order valence-corrected chi connectivity index (χ0v) is 7.77. The van der Waals surface area contributed by atoms with E-state index in [9.17, 15) is 9.90 Å². The van der Waals surface area contributed by atoms with Crippen molar-refractivity contribution >= 4 is 5.97 Å². The van der Waals surface area contributed by atoms with Crippen LogP contribution in [0, 0.1) is 5.92 Å². The van der Waals surface area contributed by atoms with Gasteiger partial charge in [-0.05, 0) is 30.2 Å². The summed E-state index contributed by atoms with van der Waals surface area (Å²) in [6.07, 6.45) is 0.204. The molecule has 4 nitrogen and oxygen atoms in total. The lowest BCUT2D eigenvalue weighted by Gasteiger charge is -2.08. The van der Waals surface area contributed by atoms with Gasteiger partial charge in [0.1, 0.15) is 11.5 Å². The third-order valence-electron chi connectivity index (χ3n) is 2.01. The first-order valence-corrected chi connectivity index (χ1v) is 4.24. The second-order valence-electron chi connectivity index (χ2n) is 3.26. The first kappa shape index (κ1) is 10.4. The molecule has 1 aromatic carbocycles. The molecule has 0 amide bonds. The number of carboxylic acid groups (broad SMARTS) is 1. The molecule has 0 aliphatic rings. The van der Waals surface area contributed by atoms with Gasteiger partial charge in [0.25, 0.3) is 0 Å². The van der Waals surface area contributed by atoms with E-state index in [4.69, 9.17) is 10.2 Å². The third kappa shape index (κ3) is 2.39. The van der Waals surface area contributed by atoms with Crippen LogP contribution in [0.25, 0.3) is 0 Å². The standard InChI is InChI=1S/C10H12O4/c1-6(10(13)14)4-7-5-8(11)2-3-9(7)12/h2-3,5-6,11-12H,4H2,1H3,(H,13,14).